The minimum atomic E-state index is -0.206. The van der Waals surface area contributed by atoms with E-state index in [0.717, 1.165) is 12.8 Å². The predicted molar refractivity (Wildman–Crippen MR) is 99.0 cm³/mol. The largest absolute Gasteiger partial charge is 0.497 e. The Labute approximate surface area is 148 Å². The summed E-state index contributed by atoms with van der Waals surface area (Å²) >= 11 is 0. The molecule has 0 unspecified atom stereocenters. The molecule has 0 aliphatic heterocycles. The number of hydrogen-bond acceptors (Lipinski definition) is 4. The summed E-state index contributed by atoms with van der Waals surface area (Å²) in [6, 6.07) is 12.4. The van der Waals surface area contributed by atoms with E-state index in [1.165, 1.54) is 0 Å². The van der Waals surface area contributed by atoms with E-state index in [4.69, 9.17) is 14.2 Å². The molecule has 25 heavy (non-hydrogen) atoms. The lowest BCUT2D eigenvalue weighted by atomic mass is 10.2. The average molecular weight is 343 g/mol. The monoisotopic (exact) mass is 343 g/mol. The maximum absolute atomic E-state index is 12.4. The second-order valence-electron chi connectivity index (χ2n) is 5.54. The van der Waals surface area contributed by atoms with Gasteiger partial charge in [-0.05, 0) is 43.2 Å². The van der Waals surface area contributed by atoms with Crippen molar-refractivity contribution in [3.63, 3.8) is 0 Å². The molecule has 5 heteroatoms. The van der Waals surface area contributed by atoms with Gasteiger partial charge in [-0.25, -0.2) is 0 Å². The van der Waals surface area contributed by atoms with Crippen LogP contribution in [-0.2, 0) is 0 Å². The van der Waals surface area contributed by atoms with E-state index in [1.807, 2.05) is 19.1 Å². The van der Waals surface area contributed by atoms with E-state index < -0.39 is 0 Å². The Morgan fingerprint density at radius 1 is 0.960 bits per heavy atom. The van der Waals surface area contributed by atoms with Crippen LogP contribution in [-0.4, -0.2) is 26.2 Å². The number of anilines is 1. The highest BCUT2D eigenvalue weighted by Crippen LogP contribution is 2.31. The number of nitrogens with one attached hydrogen (secondary N) is 1. The number of benzene rings is 2. The van der Waals surface area contributed by atoms with Gasteiger partial charge in [0.15, 0.2) is 11.5 Å². The van der Waals surface area contributed by atoms with Crippen molar-refractivity contribution in [2.75, 3.05) is 25.6 Å². The van der Waals surface area contributed by atoms with Gasteiger partial charge in [0, 0.05) is 17.3 Å². The molecule has 0 atom stereocenters. The third kappa shape index (κ3) is 5.41. The fraction of sp³-hybridized carbons (Fsp3) is 0.350. The third-order valence-corrected chi connectivity index (χ3v) is 3.46. The van der Waals surface area contributed by atoms with Gasteiger partial charge in [-0.1, -0.05) is 19.9 Å². The highest BCUT2D eigenvalue weighted by molar-refractivity contribution is 6.04. The topological polar surface area (TPSA) is 56.8 Å². The molecule has 0 aliphatic rings. The summed E-state index contributed by atoms with van der Waals surface area (Å²) in [5, 5.41) is 2.88. The molecule has 5 nitrogen and oxygen atoms in total. The molecular formula is C20H25NO4. The normalized spacial score (nSPS) is 10.2. The van der Waals surface area contributed by atoms with Crippen LogP contribution in [0.2, 0.25) is 0 Å². The van der Waals surface area contributed by atoms with Crippen LogP contribution < -0.4 is 19.5 Å². The van der Waals surface area contributed by atoms with Crippen LogP contribution >= 0.6 is 0 Å². The molecule has 2 rings (SSSR count). The minimum Gasteiger partial charge on any atom is -0.497 e. The van der Waals surface area contributed by atoms with Crippen LogP contribution in [0.15, 0.2) is 42.5 Å². The van der Waals surface area contributed by atoms with E-state index in [-0.39, 0.29) is 5.91 Å². The highest BCUT2D eigenvalue weighted by atomic mass is 16.5. The Kier molecular flexibility index (Phi) is 7.14. The standard InChI is InChI=1S/C20H25NO4/c1-4-11-24-18-10-9-16(14-19(18)25-12-5-2)21-20(22)15-7-6-8-17(13-15)23-3/h6-10,13-14H,4-5,11-12H2,1-3H3,(H,21,22). The van der Waals surface area contributed by atoms with Gasteiger partial charge in [0.05, 0.1) is 20.3 Å². The second kappa shape index (κ2) is 9.57. The molecule has 0 aliphatic carbocycles. The van der Waals surface area contributed by atoms with Gasteiger partial charge in [-0.15, -0.1) is 0 Å². The number of methoxy groups -OCH3 is 1. The maximum Gasteiger partial charge on any atom is 0.255 e. The van der Waals surface area contributed by atoms with Gasteiger partial charge in [0.25, 0.3) is 5.91 Å². The molecule has 134 valence electrons. The van der Waals surface area contributed by atoms with Crippen molar-refractivity contribution in [1.82, 2.24) is 0 Å². The molecule has 0 aromatic heterocycles. The van der Waals surface area contributed by atoms with Crippen LogP contribution in [0.25, 0.3) is 0 Å². The van der Waals surface area contributed by atoms with Crippen molar-refractivity contribution in [3.8, 4) is 17.2 Å². The second-order valence-corrected chi connectivity index (χ2v) is 5.54. The van der Waals surface area contributed by atoms with Crippen molar-refractivity contribution in [3.05, 3.63) is 48.0 Å². The smallest absolute Gasteiger partial charge is 0.255 e. The molecule has 0 radical (unpaired) electrons. The molecular weight excluding hydrogens is 318 g/mol. The Bertz CT molecular complexity index is 700. The van der Waals surface area contributed by atoms with E-state index in [1.54, 1.807) is 37.4 Å². The molecule has 2 aromatic rings. The molecule has 1 N–H and O–H groups in total. The van der Waals surface area contributed by atoms with E-state index in [2.05, 4.69) is 12.2 Å². The van der Waals surface area contributed by atoms with Crippen molar-refractivity contribution in [2.45, 2.75) is 26.7 Å². The van der Waals surface area contributed by atoms with Crippen molar-refractivity contribution < 1.29 is 19.0 Å². The number of ether oxygens (including phenoxy) is 3. The maximum atomic E-state index is 12.4. The summed E-state index contributed by atoms with van der Waals surface area (Å²) in [5.74, 6) is 1.76. The molecule has 1 amide bonds. The van der Waals surface area contributed by atoms with Crippen LogP contribution in [0.4, 0.5) is 5.69 Å². The first kappa shape index (κ1) is 18.6. The molecule has 2 aromatic carbocycles. The first-order chi connectivity index (χ1) is 12.2. The van der Waals surface area contributed by atoms with E-state index >= 15 is 0 Å². The lowest BCUT2D eigenvalue weighted by Crippen LogP contribution is -2.12. The van der Waals surface area contributed by atoms with Crippen molar-refractivity contribution >= 4 is 11.6 Å². The van der Waals surface area contributed by atoms with Gasteiger partial charge < -0.3 is 19.5 Å². The van der Waals surface area contributed by atoms with Crippen LogP contribution in [0, 0.1) is 0 Å². The molecule has 0 heterocycles. The van der Waals surface area contributed by atoms with Gasteiger partial charge in [0.2, 0.25) is 0 Å². The fourth-order valence-corrected chi connectivity index (χ4v) is 2.21. The summed E-state index contributed by atoms with van der Waals surface area (Å²) in [6.45, 7) is 5.31. The SMILES string of the molecule is CCCOc1ccc(NC(=O)c2cccc(OC)c2)cc1OCCC. The minimum absolute atomic E-state index is 0.206. The molecule has 0 saturated carbocycles. The quantitative estimate of drug-likeness (QED) is 0.727. The zero-order valence-electron chi connectivity index (χ0n) is 15.0. The van der Waals surface area contributed by atoms with Crippen LogP contribution in [0.3, 0.4) is 0 Å². The highest BCUT2D eigenvalue weighted by Gasteiger charge is 2.11. The first-order valence-corrected chi connectivity index (χ1v) is 8.53. The fourth-order valence-electron chi connectivity index (χ4n) is 2.21. The Balaban J connectivity index is 2.15. The average Bonchev–Trinajstić information content (AvgIpc) is 2.65. The van der Waals surface area contributed by atoms with Crippen molar-refractivity contribution in [1.29, 1.82) is 0 Å². The Hall–Kier alpha value is -2.69. The number of carbonyl (C=O) groups is 1. The lowest BCUT2D eigenvalue weighted by molar-refractivity contribution is 0.102. The molecule has 0 saturated heterocycles. The zero-order valence-corrected chi connectivity index (χ0v) is 15.0. The number of hydrogen-bond donors (Lipinski definition) is 1. The summed E-state index contributed by atoms with van der Waals surface area (Å²) < 4.78 is 16.6. The summed E-state index contributed by atoms with van der Waals surface area (Å²) in [6.07, 6.45) is 1.81. The van der Waals surface area contributed by atoms with Gasteiger partial charge in [-0.2, -0.15) is 0 Å². The summed E-state index contributed by atoms with van der Waals surface area (Å²) in [7, 11) is 1.57. The molecule has 0 fully saturated rings. The lowest BCUT2D eigenvalue weighted by Gasteiger charge is -2.14. The number of amides is 1. The summed E-state index contributed by atoms with van der Waals surface area (Å²) in [5.41, 5.74) is 1.18. The van der Waals surface area contributed by atoms with Crippen LogP contribution in [0.5, 0.6) is 17.2 Å². The zero-order chi connectivity index (χ0) is 18.1. The summed E-state index contributed by atoms with van der Waals surface area (Å²) in [4.78, 5) is 12.4. The molecule has 0 bridgehead atoms. The molecule has 0 spiro atoms. The number of rotatable bonds is 9. The third-order valence-electron chi connectivity index (χ3n) is 3.46. The van der Waals surface area contributed by atoms with Gasteiger partial charge >= 0.3 is 0 Å². The predicted octanol–water partition coefficient (Wildman–Crippen LogP) is 4.53. The van der Waals surface area contributed by atoms with Gasteiger partial charge in [0.1, 0.15) is 5.75 Å². The van der Waals surface area contributed by atoms with E-state index in [9.17, 15) is 4.79 Å². The Morgan fingerprint density at radius 3 is 2.36 bits per heavy atom. The van der Waals surface area contributed by atoms with E-state index in [0.29, 0.717) is 41.7 Å². The van der Waals surface area contributed by atoms with Crippen LogP contribution in [0.1, 0.15) is 37.0 Å². The van der Waals surface area contributed by atoms with Crippen molar-refractivity contribution in [2.24, 2.45) is 0 Å². The Morgan fingerprint density at radius 2 is 1.68 bits per heavy atom. The van der Waals surface area contributed by atoms with Gasteiger partial charge in [-0.3, -0.25) is 4.79 Å². The first-order valence-electron chi connectivity index (χ1n) is 8.53. The number of carbonyl (C=O) groups excluding carboxylic acids is 1.